The summed E-state index contributed by atoms with van der Waals surface area (Å²) in [7, 11) is 0. The van der Waals surface area contributed by atoms with Gasteiger partial charge in [0.25, 0.3) is 0 Å². The molecule has 0 saturated carbocycles. The number of halogens is 2. The molecule has 2 rings (SSSR count). The van der Waals surface area contributed by atoms with Crippen molar-refractivity contribution in [3.8, 4) is 6.07 Å². The molecule has 2 nitrogen and oxygen atoms in total. The number of nitrogens with zero attached hydrogens (tertiary/aromatic N) is 1. The van der Waals surface area contributed by atoms with Gasteiger partial charge in [0.2, 0.25) is 5.78 Å². The van der Waals surface area contributed by atoms with Crippen molar-refractivity contribution < 1.29 is 13.6 Å². The Bertz CT molecular complexity index is 751. The minimum Gasteiger partial charge on any atom is -0.286 e. The topological polar surface area (TPSA) is 40.9 Å². The molecule has 0 radical (unpaired) electrons. The second-order valence-electron chi connectivity index (χ2n) is 4.40. The molecule has 0 bridgehead atoms. The van der Waals surface area contributed by atoms with Gasteiger partial charge in [-0.05, 0) is 17.8 Å². The molecule has 0 fully saturated rings. The van der Waals surface area contributed by atoms with Crippen LogP contribution in [0.15, 0.2) is 66.1 Å². The zero-order valence-electron chi connectivity index (χ0n) is 11.4. The van der Waals surface area contributed by atoms with E-state index in [1.54, 1.807) is 18.2 Å². The molecule has 0 aliphatic rings. The highest BCUT2D eigenvalue weighted by atomic mass is 32.2. The average molecular weight is 315 g/mol. The number of benzene rings is 2. The average Bonchev–Trinajstić information content (AvgIpc) is 2.54. The quantitative estimate of drug-likeness (QED) is 0.452. The van der Waals surface area contributed by atoms with Gasteiger partial charge in [0.05, 0.1) is 11.6 Å². The second-order valence-corrected chi connectivity index (χ2v) is 5.56. The first-order valence-electron chi connectivity index (χ1n) is 6.31. The van der Waals surface area contributed by atoms with Gasteiger partial charge in [-0.2, -0.15) is 14.0 Å². The molecule has 2 aromatic rings. The molecule has 0 heterocycles. The number of carbonyl (C=O) groups is 1. The first kappa shape index (κ1) is 15.9. The highest BCUT2D eigenvalue weighted by Gasteiger charge is 2.41. The predicted octanol–water partition coefficient (Wildman–Crippen LogP) is 4.79. The summed E-state index contributed by atoms with van der Waals surface area (Å²) in [4.78, 5) is 12.1. The third-order valence-electron chi connectivity index (χ3n) is 2.89. The molecule has 0 amide bonds. The van der Waals surface area contributed by atoms with E-state index in [-0.39, 0.29) is 27.8 Å². The molecule has 110 valence electrons. The first-order chi connectivity index (χ1) is 10.5. The van der Waals surface area contributed by atoms with Crippen LogP contribution in [0, 0.1) is 11.3 Å². The van der Waals surface area contributed by atoms with Gasteiger partial charge in [-0.1, -0.05) is 55.1 Å². The van der Waals surface area contributed by atoms with Gasteiger partial charge >= 0.3 is 5.25 Å². The van der Waals surface area contributed by atoms with E-state index >= 15 is 0 Å². The molecule has 0 spiro atoms. The van der Waals surface area contributed by atoms with E-state index in [1.807, 2.05) is 6.07 Å². The van der Waals surface area contributed by atoms with Gasteiger partial charge in [-0.3, -0.25) is 4.79 Å². The van der Waals surface area contributed by atoms with Crippen LogP contribution >= 0.6 is 11.8 Å². The molecule has 0 aliphatic carbocycles. The Hall–Kier alpha value is -2.45. The number of hydrogen-bond acceptors (Lipinski definition) is 3. The number of thioether (sulfide) groups is 1. The Kier molecular flexibility index (Phi) is 4.74. The van der Waals surface area contributed by atoms with Gasteiger partial charge in [0, 0.05) is 16.0 Å². The van der Waals surface area contributed by atoms with Crippen molar-refractivity contribution in [2.24, 2.45) is 0 Å². The number of hydrogen-bond donors (Lipinski definition) is 0. The van der Waals surface area contributed by atoms with E-state index in [0.29, 0.717) is 5.56 Å². The smallest absolute Gasteiger partial charge is 0.286 e. The molecule has 0 N–H and O–H groups in total. The minimum atomic E-state index is -3.63. The molecule has 0 aromatic heterocycles. The molecule has 0 saturated heterocycles. The Balaban J connectivity index is 2.32. The third-order valence-corrected chi connectivity index (χ3v) is 3.90. The fourth-order valence-corrected chi connectivity index (χ4v) is 2.74. The largest absolute Gasteiger partial charge is 0.360 e. The van der Waals surface area contributed by atoms with Crippen LogP contribution in [0.3, 0.4) is 0 Å². The van der Waals surface area contributed by atoms with Crippen molar-refractivity contribution in [2.45, 2.75) is 10.2 Å². The van der Waals surface area contributed by atoms with Crippen LogP contribution in [0.25, 0.3) is 5.57 Å². The van der Waals surface area contributed by atoms with Crippen LogP contribution in [0.2, 0.25) is 0 Å². The van der Waals surface area contributed by atoms with E-state index in [9.17, 15) is 13.6 Å². The van der Waals surface area contributed by atoms with E-state index in [0.717, 1.165) is 0 Å². The SMILES string of the molecule is C=C(C#N)c1ccccc1SC(F)(F)C(=O)c1ccccc1. The van der Waals surface area contributed by atoms with Crippen molar-refractivity contribution in [1.29, 1.82) is 5.26 Å². The van der Waals surface area contributed by atoms with Crippen molar-refractivity contribution in [3.63, 3.8) is 0 Å². The van der Waals surface area contributed by atoms with Crippen LogP contribution in [-0.2, 0) is 0 Å². The Morgan fingerprint density at radius 1 is 1.09 bits per heavy atom. The fourth-order valence-electron chi connectivity index (χ4n) is 1.81. The van der Waals surface area contributed by atoms with Crippen molar-refractivity contribution in [1.82, 2.24) is 0 Å². The number of ketones is 1. The van der Waals surface area contributed by atoms with E-state index in [2.05, 4.69) is 6.58 Å². The highest BCUT2D eigenvalue weighted by Crippen LogP contribution is 2.41. The number of nitriles is 1. The molecule has 0 unspecified atom stereocenters. The zero-order valence-corrected chi connectivity index (χ0v) is 12.2. The number of allylic oxidation sites excluding steroid dienone is 1. The summed E-state index contributed by atoms with van der Waals surface area (Å²) in [5.41, 5.74) is 0.318. The number of rotatable bonds is 5. The monoisotopic (exact) mass is 315 g/mol. The lowest BCUT2D eigenvalue weighted by molar-refractivity contribution is 0.0566. The second kappa shape index (κ2) is 6.54. The molecule has 0 aliphatic heterocycles. The summed E-state index contributed by atoms with van der Waals surface area (Å²) in [5, 5.41) is 5.25. The fraction of sp³-hybridized carbons (Fsp3) is 0.0588. The van der Waals surface area contributed by atoms with Gasteiger partial charge < -0.3 is 0 Å². The molecular formula is C17H11F2NOS. The summed E-state index contributed by atoms with van der Waals surface area (Å²) in [6, 6.07) is 15.4. The number of carbonyl (C=O) groups excluding carboxylic acids is 1. The first-order valence-corrected chi connectivity index (χ1v) is 7.12. The summed E-state index contributed by atoms with van der Waals surface area (Å²) < 4.78 is 28.5. The predicted molar refractivity (Wildman–Crippen MR) is 82.7 cm³/mol. The number of Topliss-reactive ketones (excluding diaryl/α,β-unsaturated/α-hetero) is 1. The van der Waals surface area contributed by atoms with Gasteiger partial charge in [0.1, 0.15) is 0 Å². The van der Waals surface area contributed by atoms with Gasteiger partial charge in [-0.15, -0.1) is 0 Å². The number of alkyl halides is 2. The summed E-state index contributed by atoms with van der Waals surface area (Å²) in [5.74, 6) is -1.27. The van der Waals surface area contributed by atoms with Crippen molar-refractivity contribution in [2.75, 3.05) is 0 Å². The lowest BCUT2D eigenvalue weighted by Gasteiger charge is -2.16. The molecule has 5 heteroatoms. The summed E-state index contributed by atoms with van der Waals surface area (Å²) >= 11 is 0.124. The van der Waals surface area contributed by atoms with Crippen LogP contribution in [0.4, 0.5) is 8.78 Å². The van der Waals surface area contributed by atoms with Gasteiger partial charge in [0.15, 0.2) is 0 Å². The molecule has 22 heavy (non-hydrogen) atoms. The molecule has 0 atom stereocenters. The maximum absolute atomic E-state index is 14.2. The van der Waals surface area contributed by atoms with Gasteiger partial charge in [-0.25, -0.2) is 0 Å². The maximum atomic E-state index is 14.2. The Morgan fingerprint density at radius 2 is 1.68 bits per heavy atom. The van der Waals surface area contributed by atoms with Crippen LogP contribution in [-0.4, -0.2) is 11.0 Å². The van der Waals surface area contributed by atoms with E-state index in [4.69, 9.17) is 5.26 Å². The highest BCUT2D eigenvalue weighted by molar-refractivity contribution is 8.01. The standard InChI is InChI=1S/C17H11F2NOS/c1-12(11-20)14-9-5-6-10-15(14)22-17(18,19)16(21)13-7-3-2-4-8-13/h2-10H,1H2. The maximum Gasteiger partial charge on any atom is 0.360 e. The van der Waals surface area contributed by atoms with E-state index < -0.39 is 11.0 Å². The summed E-state index contributed by atoms with van der Waals surface area (Å²) in [6.07, 6.45) is 0. The molecule has 2 aromatic carbocycles. The van der Waals surface area contributed by atoms with Crippen LogP contribution in [0.5, 0.6) is 0 Å². The zero-order chi connectivity index (χ0) is 16.2. The van der Waals surface area contributed by atoms with Crippen molar-refractivity contribution >= 4 is 23.1 Å². The Morgan fingerprint density at radius 3 is 2.32 bits per heavy atom. The van der Waals surface area contributed by atoms with E-state index in [1.165, 1.54) is 36.4 Å². The normalized spacial score (nSPS) is 10.8. The van der Waals surface area contributed by atoms with Crippen LogP contribution in [0.1, 0.15) is 15.9 Å². The minimum absolute atomic E-state index is 0.0587. The lowest BCUT2D eigenvalue weighted by atomic mass is 10.1. The lowest BCUT2D eigenvalue weighted by Crippen LogP contribution is -2.24. The van der Waals surface area contributed by atoms with Crippen LogP contribution < -0.4 is 0 Å². The Labute approximate surface area is 131 Å². The third kappa shape index (κ3) is 3.41. The molecular weight excluding hydrogens is 304 g/mol. The van der Waals surface area contributed by atoms with Crippen molar-refractivity contribution in [3.05, 3.63) is 72.3 Å². The summed E-state index contributed by atoms with van der Waals surface area (Å²) in [6.45, 7) is 3.53.